The third-order valence-electron chi connectivity index (χ3n) is 2.65. The van der Waals surface area contributed by atoms with E-state index in [0.717, 1.165) is 14.9 Å². The van der Waals surface area contributed by atoms with Crippen molar-refractivity contribution in [2.75, 3.05) is 0 Å². The maximum atomic E-state index is 9.58. The lowest BCUT2D eigenvalue weighted by molar-refractivity contribution is 0.198. The van der Waals surface area contributed by atoms with E-state index in [0.29, 0.717) is 0 Å². The molecule has 94 valence electrons. The molecule has 0 saturated heterocycles. The van der Waals surface area contributed by atoms with Gasteiger partial charge in [-0.3, -0.25) is 0 Å². The molecule has 2 rings (SSSR count). The van der Waals surface area contributed by atoms with Crippen molar-refractivity contribution in [1.29, 1.82) is 0 Å². The van der Waals surface area contributed by atoms with Crippen molar-refractivity contribution < 1.29 is 5.11 Å². The van der Waals surface area contributed by atoms with E-state index in [1.807, 2.05) is 12.1 Å². The summed E-state index contributed by atoms with van der Waals surface area (Å²) in [5.41, 5.74) is 2.18. The molecule has 0 fully saturated rings. The molecule has 18 heavy (non-hydrogen) atoms. The van der Waals surface area contributed by atoms with Crippen LogP contribution in [0.15, 0.2) is 56.7 Å². The molecule has 0 amide bonds. The summed E-state index contributed by atoms with van der Waals surface area (Å²) in [6.45, 7) is 3.87. The van der Waals surface area contributed by atoms with Gasteiger partial charge in [0.2, 0.25) is 0 Å². The Morgan fingerprint density at radius 1 is 1.11 bits per heavy atom. The standard InChI is InChI=1S/C15H15BrOS/c1-10-4-3-5-12(8-10)18-13-6-7-14(11(2)17)15(16)9-13/h3-9,11,17H,1-2H3/t11-/m1/s1. The van der Waals surface area contributed by atoms with Crippen LogP contribution in [0, 0.1) is 6.92 Å². The van der Waals surface area contributed by atoms with Crippen LogP contribution in [-0.4, -0.2) is 5.11 Å². The number of hydrogen-bond acceptors (Lipinski definition) is 2. The number of hydrogen-bond donors (Lipinski definition) is 1. The lowest BCUT2D eigenvalue weighted by atomic mass is 10.1. The van der Waals surface area contributed by atoms with E-state index in [1.54, 1.807) is 18.7 Å². The Morgan fingerprint density at radius 2 is 1.83 bits per heavy atom. The highest BCUT2D eigenvalue weighted by molar-refractivity contribution is 9.10. The summed E-state index contributed by atoms with van der Waals surface area (Å²) in [5, 5.41) is 9.58. The van der Waals surface area contributed by atoms with Gasteiger partial charge in [-0.25, -0.2) is 0 Å². The van der Waals surface area contributed by atoms with Gasteiger partial charge < -0.3 is 5.11 Å². The van der Waals surface area contributed by atoms with E-state index in [-0.39, 0.29) is 0 Å². The fourth-order valence-electron chi connectivity index (χ4n) is 1.73. The first-order chi connectivity index (χ1) is 8.56. The number of halogens is 1. The molecule has 0 spiro atoms. The summed E-state index contributed by atoms with van der Waals surface area (Å²) in [5.74, 6) is 0. The summed E-state index contributed by atoms with van der Waals surface area (Å²) >= 11 is 5.23. The van der Waals surface area contributed by atoms with Crippen LogP contribution in [-0.2, 0) is 0 Å². The number of aryl methyl sites for hydroxylation is 1. The van der Waals surface area contributed by atoms with Crippen molar-refractivity contribution >= 4 is 27.7 Å². The molecule has 0 aliphatic heterocycles. The minimum absolute atomic E-state index is 0.447. The van der Waals surface area contributed by atoms with E-state index in [1.165, 1.54) is 10.5 Å². The Labute approximate surface area is 120 Å². The van der Waals surface area contributed by atoms with E-state index >= 15 is 0 Å². The Balaban J connectivity index is 2.23. The molecule has 0 unspecified atom stereocenters. The van der Waals surface area contributed by atoms with Gasteiger partial charge in [-0.05, 0) is 43.7 Å². The monoisotopic (exact) mass is 322 g/mol. The molecule has 2 aromatic carbocycles. The van der Waals surface area contributed by atoms with Crippen molar-refractivity contribution in [3.8, 4) is 0 Å². The molecule has 1 N–H and O–H groups in total. The molecular formula is C15H15BrOS. The maximum Gasteiger partial charge on any atom is 0.0772 e. The van der Waals surface area contributed by atoms with Crippen LogP contribution < -0.4 is 0 Å². The summed E-state index contributed by atoms with van der Waals surface area (Å²) < 4.78 is 0.954. The highest BCUT2D eigenvalue weighted by atomic mass is 79.9. The van der Waals surface area contributed by atoms with Crippen molar-refractivity contribution in [3.05, 3.63) is 58.1 Å². The van der Waals surface area contributed by atoms with Gasteiger partial charge in [0.25, 0.3) is 0 Å². The van der Waals surface area contributed by atoms with E-state index in [2.05, 4.69) is 53.2 Å². The average Bonchev–Trinajstić information content (AvgIpc) is 2.28. The summed E-state index contributed by atoms with van der Waals surface area (Å²) in [6, 6.07) is 14.5. The largest absolute Gasteiger partial charge is 0.389 e. The molecular weight excluding hydrogens is 308 g/mol. The first kappa shape index (κ1) is 13.7. The van der Waals surface area contributed by atoms with Gasteiger partial charge in [0.05, 0.1) is 6.10 Å². The number of aliphatic hydroxyl groups excluding tert-OH is 1. The maximum absolute atomic E-state index is 9.58. The third-order valence-corrected chi connectivity index (χ3v) is 4.31. The number of benzene rings is 2. The summed E-state index contributed by atoms with van der Waals surface area (Å²) in [7, 11) is 0. The highest BCUT2D eigenvalue weighted by Gasteiger charge is 2.07. The normalized spacial score (nSPS) is 12.4. The molecule has 0 radical (unpaired) electrons. The van der Waals surface area contributed by atoms with Crippen LogP contribution in [0.3, 0.4) is 0 Å². The van der Waals surface area contributed by atoms with E-state index in [9.17, 15) is 5.11 Å². The Bertz CT molecular complexity index is 552. The first-order valence-corrected chi connectivity index (χ1v) is 7.39. The van der Waals surface area contributed by atoms with Crippen molar-refractivity contribution in [1.82, 2.24) is 0 Å². The molecule has 0 bridgehead atoms. The number of aliphatic hydroxyl groups is 1. The third kappa shape index (κ3) is 3.37. The van der Waals surface area contributed by atoms with Crippen LogP contribution >= 0.6 is 27.7 Å². The van der Waals surface area contributed by atoms with Crippen LogP contribution in [0.5, 0.6) is 0 Å². The molecule has 0 heterocycles. The van der Waals surface area contributed by atoms with Gasteiger partial charge in [-0.15, -0.1) is 0 Å². The van der Waals surface area contributed by atoms with Crippen molar-refractivity contribution in [2.45, 2.75) is 29.7 Å². The van der Waals surface area contributed by atoms with Gasteiger partial charge in [-0.2, -0.15) is 0 Å². The molecule has 1 nitrogen and oxygen atoms in total. The van der Waals surface area contributed by atoms with Gasteiger partial charge in [0.1, 0.15) is 0 Å². The predicted molar refractivity (Wildman–Crippen MR) is 80.1 cm³/mol. The van der Waals surface area contributed by atoms with Crippen LogP contribution in [0.25, 0.3) is 0 Å². The molecule has 0 saturated carbocycles. The Morgan fingerprint density at radius 3 is 2.44 bits per heavy atom. The lowest BCUT2D eigenvalue weighted by Crippen LogP contribution is -1.92. The van der Waals surface area contributed by atoms with Gasteiger partial charge in [0, 0.05) is 14.3 Å². The fourth-order valence-corrected chi connectivity index (χ4v) is 3.56. The minimum atomic E-state index is -0.447. The SMILES string of the molecule is Cc1cccc(Sc2ccc([C@@H](C)O)c(Br)c2)c1. The quantitative estimate of drug-likeness (QED) is 0.861. The Kier molecular flexibility index (Phi) is 4.49. The smallest absolute Gasteiger partial charge is 0.0772 e. The molecule has 0 aliphatic rings. The first-order valence-electron chi connectivity index (χ1n) is 5.78. The van der Waals surface area contributed by atoms with Crippen molar-refractivity contribution in [3.63, 3.8) is 0 Å². The second kappa shape index (κ2) is 5.91. The predicted octanol–water partition coefficient (Wildman–Crippen LogP) is 4.96. The van der Waals surface area contributed by atoms with Crippen LogP contribution in [0.4, 0.5) is 0 Å². The fraction of sp³-hybridized carbons (Fsp3) is 0.200. The summed E-state index contributed by atoms with van der Waals surface area (Å²) in [4.78, 5) is 2.39. The number of rotatable bonds is 3. The average molecular weight is 323 g/mol. The van der Waals surface area contributed by atoms with Crippen LogP contribution in [0.2, 0.25) is 0 Å². The van der Waals surface area contributed by atoms with E-state index < -0.39 is 6.10 Å². The second-order valence-corrected chi connectivity index (χ2v) is 6.28. The summed E-state index contributed by atoms with van der Waals surface area (Å²) in [6.07, 6.45) is -0.447. The van der Waals surface area contributed by atoms with Gasteiger partial charge in [0.15, 0.2) is 0 Å². The zero-order valence-electron chi connectivity index (χ0n) is 10.4. The van der Waals surface area contributed by atoms with Crippen LogP contribution in [0.1, 0.15) is 24.2 Å². The second-order valence-electron chi connectivity index (χ2n) is 4.28. The molecule has 2 aromatic rings. The van der Waals surface area contributed by atoms with E-state index in [4.69, 9.17) is 0 Å². The topological polar surface area (TPSA) is 20.2 Å². The lowest BCUT2D eigenvalue weighted by Gasteiger charge is -2.09. The zero-order valence-corrected chi connectivity index (χ0v) is 12.8. The zero-order chi connectivity index (χ0) is 13.1. The molecule has 3 heteroatoms. The van der Waals surface area contributed by atoms with Gasteiger partial charge >= 0.3 is 0 Å². The van der Waals surface area contributed by atoms with Gasteiger partial charge in [-0.1, -0.05) is 51.5 Å². The Hall–Kier alpha value is -0.770. The van der Waals surface area contributed by atoms with Crippen molar-refractivity contribution in [2.24, 2.45) is 0 Å². The molecule has 0 aromatic heterocycles. The molecule has 0 aliphatic carbocycles. The highest BCUT2D eigenvalue weighted by Crippen LogP contribution is 2.33. The minimum Gasteiger partial charge on any atom is -0.389 e. The molecule has 1 atom stereocenters.